The summed E-state index contributed by atoms with van der Waals surface area (Å²) in [5, 5.41) is 0.437. The average molecular weight is 244 g/mol. The van der Waals surface area contributed by atoms with Crippen molar-refractivity contribution in [1.82, 2.24) is 0 Å². The lowest BCUT2D eigenvalue weighted by Crippen LogP contribution is -2.32. The van der Waals surface area contributed by atoms with E-state index in [1.165, 1.54) is 24.8 Å². The fourth-order valence-electron chi connectivity index (χ4n) is 4.29. The molecule has 0 heterocycles. The van der Waals surface area contributed by atoms with E-state index in [0.29, 0.717) is 22.6 Å². The quantitative estimate of drug-likeness (QED) is 0.438. The van der Waals surface area contributed by atoms with E-state index in [2.05, 4.69) is 55.1 Å². The van der Waals surface area contributed by atoms with Crippen molar-refractivity contribution < 1.29 is 0 Å². The Hall–Kier alpha value is -0.455. The van der Waals surface area contributed by atoms with E-state index >= 15 is 0 Å². The third kappa shape index (κ3) is 2.21. The molecule has 0 radical (unpaired) electrons. The number of hydrogen-bond acceptors (Lipinski definition) is 0. The summed E-state index contributed by atoms with van der Waals surface area (Å²) in [7, 11) is 2.46. The van der Waals surface area contributed by atoms with E-state index in [9.17, 15) is 0 Å². The maximum Gasteiger partial charge on any atom is 0.109 e. The third-order valence-electron chi connectivity index (χ3n) is 5.89. The predicted molar refractivity (Wildman–Crippen MR) is 83.6 cm³/mol. The zero-order valence-corrected chi connectivity index (χ0v) is 13.1. The molecule has 0 spiro atoms. The Bertz CT molecular complexity index is 386. The largest absolute Gasteiger partial charge is 0.109 e. The van der Waals surface area contributed by atoms with E-state index < -0.39 is 0 Å². The smallest absolute Gasteiger partial charge is 0.0990 e. The van der Waals surface area contributed by atoms with E-state index in [4.69, 9.17) is 0 Å². The molecule has 0 saturated heterocycles. The average Bonchev–Trinajstić information content (AvgIpc) is 2.29. The molecule has 0 nitrogen and oxygen atoms in total. The molecule has 2 aliphatic carbocycles. The number of fused-ring (bicyclic) bond motifs is 1. The molecule has 1 fully saturated rings. The Labute approximate surface area is 114 Å². The number of hydrogen-bond donors (Lipinski definition) is 0. The molecule has 0 aromatic rings. The molecule has 2 rings (SSSR count). The van der Waals surface area contributed by atoms with Gasteiger partial charge in [-0.3, -0.25) is 0 Å². The van der Waals surface area contributed by atoms with Crippen molar-refractivity contribution in [2.45, 2.75) is 59.2 Å². The molecule has 3 unspecified atom stereocenters. The van der Waals surface area contributed by atoms with Gasteiger partial charge in [0.2, 0.25) is 0 Å². The van der Waals surface area contributed by atoms with Crippen molar-refractivity contribution in [1.29, 1.82) is 0 Å². The minimum atomic E-state index is 0.409. The van der Waals surface area contributed by atoms with Gasteiger partial charge in [-0.15, -0.1) is 0 Å². The van der Waals surface area contributed by atoms with Gasteiger partial charge < -0.3 is 0 Å². The highest BCUT2D eigenvalue weighted by atomic mass is 14.5. The molecule has 0 aromatic carbocycles. The summed E-state index contributed by atoms with van der Waals surface area (Å²) in [6.07, 6.45) is 6.48. The second kappa shape index (κ2) is 4.29. The second-order valence-electron chi connectivity index (χ2n) is 8.13. The van der Waals surface area contributed by atoms with Gasteiger partial charge in [-0.1, -0.05) is 56.8 Å². The lowest BCUT2D eigenvalue weighted by Gasteiger charge is -2.43. The van der Waals surface area contributed by atoms with Crippen LogP contribution in [0.1, 0.15) is 53.9 Å². The van der Waals surface area contributed by atoms with Crippen LogP contribution in [0.3, 0.4) is 0 Å². The molecule has 0 aliphatic heterocycles. The molecule has 1 saturated carbocycles. The van der Waals surface area contributed by atoms with Crippen LogP contribution in [-0.4, -0.2) is 7.85 Å². The fraction of sp³-hybridized carbons (Fsp3) is 0.765. The van der Waals surface area contributed by atoms with Gasteiger partial charge in [-0.25, -0.2) is 0 Å². The van der Waals surface area contributed by atoms with Crippen molar-refractivity contribution in [3.05, 3.63) is 23.8 Å². The van der Waals surface area contributed by atoms with Crippen molar-refractivity contribution in [3.63, 3.8) is 0 Å². The molecule has 0 N–H and O–H groups in total. The monoisotopic (exact) mass is 244 g/mol. The summed E-state index contributed by atoms with van der Waals surface area (Å²) < 4.78 is 0. The van der Waals surface area contributed by atoms with Crippen LogP contribution < -0.4 is 0 Å². The van der Waals surface area contributed by atoms with E-state index in [-0.39, 0.29) is 0 Å². The molecule has 18 heavy (non-hydrogen) atoms. The fourth-order valence-corrected chi connectivity index (χ4v) is 4.29. The molecule has 0 bridgehead atoms. The summed E-state index contributed by atoms with van der Waals surface area (Å²) in [6.45, 7) is 16.5. The van der Waals surface area contributed by atoms with Crippen LogP contribution in [0.25, 0.3) is 0 Å². The predicted octanol–water partition coefficient (Wildman–Crippen LogP) is 4.39. The summed E-state index contributed by atoms with van der Waals surface area (Å²) >= 11 is 0. The minimum absolute atomic E-state index is 0.409. The minimum Gasteiger partial charge on any atom is -0.0990 e. The summed E-state index contributed by atoms with van der Waals surface area (Å²) in [5.41, 5.74) is 3.45. The maximum absolute atomic E-state index is 4.49. The van der Waals surface area contributed by atoms with Crippen molar-refractivity contribution in [2.75, 3.05) is 0 Å². The Morgan fingerprint density at radius 1 is 1.33 bits per heavy atom. The van der Waals surface area contributed by atoms with Gasteiger partial charge in [0.25, 0.3) is 0 Å². The van der Waals surface area contributed by atoms with Crippen LogP contribution in [-0.2, 0) is 0 Å². The highest BCUT2D eigenvalue weighted by molar-refractivity contribution is 6.15. The van der Waals surface area contributed by atoms with Gasteiger partial charge in [0.05, 0.1) is 0 Å². The topological polar surface area (TPSA) is 0 Å². The van der Waals surface area contributed by atoms with Gasteiger partial charge in [0, 0.05) is 5.92 Å². The third-order valence-corrected chi connectivity index (χ3v) is 5.89. The first-order valence-electron chi connectivity index (χ1n) is 7.51. The number of rotatable bonds is 0. The van der Waals surface area contributed by atoms with Crippen LogP contribution in [0, 0.1) is 23.2 Å². The molecule has 2 aliphatic rings. The molecule has 4 atom stereocenters. The van der Waals surface area contributed by atoms with Gasteiger partial charge in [0.1, 0.15) is 7.85 Å². The first kappa shape index (κ1) is 14.0. The van der Waals surface area contributed by atoms with Crippen LogP contribution in [0.2, 0.25) is 5.31 Å². The van der Waals surface area contributed by atoms with Crippen LogP contribution in [0.4, 0.5) is 0 Å². The second-order valence-corrected chi connectivity index (χ2v) is 8.13. The number of allylic oxidation sites excluding steroid dienone is 3. The molecule has 100 valence electrons. The van der Waals surface area contributed by atoms with Crippen molar-refractivity contribution >= 4 is 7.85 Å². The summed E-state index contributed by atoms with van der Waals surface area (Å²) in [4.78, 5) is 0. The Kier molecular flexibility index (Phi) is 3.32. The standard InChI is InChI=1S/C17H29B/c1-11-9-14-12(2)13(3)16(4,5)8-7-15(14)17(6,18)10-11/h9,13-15H,2,7-8,10,18H2,1,3-6H3/t13?,14?,15?,17-/m0/s1. The molecule has 1 heteroatoms. The lowest BCUT2D eigenvalue weighted by molar-refractivity contribution is 0.235. The summed E-state index contributed by atoms with van der Waals surface area (Å²) in [5.74, 6) is 2.04. The Morgan fingerprint density at radius 3 is 2.56 bits per heavy atom. The zero-order valence-electron chi connectivity index (χ0n) is 13.1. The molecule has 0 aromatic heterocycles. The van der Waals surface area contributed by atoms with Crippen molar-refractivity contribution in [2.24, 2.45) is 23.2 Å². The van der Waals surface area contributed by atoms with E-state index in [1.807, 2.05) is 0 Å². The first-order valence-corrected chi connectivity index (χ1v) is 7.51. The first-order chi connectivity index (χ1) is 8.15. The van der Waals surface area contributed by atoms with Gasteiger partial charge in [0.15, 0.2) is 0 Å². The van der Waals surface area contributed by atoms with Crippen LogP contribution in [0.15, 0.2) is 23.8 Å². The zero-order chi connectivity index (χ0) is 13.7. The molecular formula is C17H29B. The van der Waals surface area contributed by atoms with Crippen LogP contribution in [0.5, 0.6) is 0 Å². The summed E-state index contributed by atoms with van der Waals surface area (Å²) in [6, 6.07) is 0. The van der Waals surface area contributed by atoms with E-state index in [1.54, 1.807) is 5.57 Å². The maximum atomic E-state index is 4.49. The highest BCUT2D eigenvalue weighted by Gasteiger charge is 2.44. The van der Waals surface area contributed by atoms with Gasteiger partial charge in [-0.2, -0.15) is 0 Å². The Balaban J connectivity index is 2.42. The van der Waals surface area contributed by atoms with Crippen molar-refractivity contribution in [3.8, 4) is 0 Å². The SMILES string of the molecule is B[C@@]1(C)CC(C)=CC2C(=C)C(C)C(C)(C)CCC21. The molecule has 0 amide bonds. The highest BCUT2D eigenvalue weighted by Crippen LogP contribution is 2.56. The molecular weight excluding hydrogens is 215 g/mol. The normalized spacial score (nSPS) is 43.9. The van der Waals surface area contributed by atoms with E-state index in [0.717, 1.165) is 5.92 Å². The van der Waals surface area contributed by atoms with Gasteiger partial charge >= 0.3 is 0 Å². The van der Waals surface area contributed by atoms with Gasteiger partial charge in [-0.05, 0) is 43.4 Å². The Morgan fingerprint density at radius 2 is 1.94 bits per heavy atom. The van der Waals surface area contributed by atoms with Crippen LogP contribution >= 0.6 is 0 Å². The lowest BCUT2D eigenvalue weighted by atomic mass is 9.51.